The average Bonchev–Trinajstić information content (AvgIpc) is 2.53. The summed E-state index contributed by atoms with van der Waals surface area (Å²) in [5, 5.41) is 0. The molecular weight excluding hydrogens is 302 g/mol. The second kappa shape index (κ2) is 8.45. The minimum absolute atomic E-state index is 0.102. The minimum atomic E-state index is -0.475. The fraction of sp³-hybridized carbons (Fsp3) is 0.368. The van der Waals surface area contributed by atoms with Crippen LogP contribution < -0.4 is 10.5 Å². The molecule has 2 aromatic rings. The van der Waals surface area contributed by atoms with E-state index in [1.807, 2.05) is 36.5 Å². The molecule has 1 atom stereocenters. The van der Waals surface area contributed by atoms with Crippen LogP contribution >= 0.6 is 0 Å². The lowest BCUT2D eigenvalue weighted by Crippen LogP contribution is -2.30. The van der Waals surface area contributed by atoms with Crippen molar-refractivity contribution in [3.05, 3.63) is 59.4 Å². The lowest BCUT2D eigenvalue weighted by atomic mass is 10.1. The molecule has 1 heterocycles. The first-order valence-corrected chi connectivity index (χ1v) is 8.06. The lowest BCUT2D eigenvalue weighted by Gasteiger charge is -2.24. The number of hydrogen-bond acceptors (Lipinski definition) is 4. The number of benzene rings is 1. The zero-order chi connectivity index (χ0) is 17.5. The molecule has 5 heteroatoms. The zero-order valence-electron chi connectivity index (χ0n) is 14.5. The van der Waals surface area contributed by atoms with Crippen molar-refractivity contribution in [3.63, 3.8) is 0 Å². The monoisotopic (exact) mass is 327 g/mol. The zero-order valence-corrected chi connectivity index (χ0v) is 14.5. The quantitative estimate of drug-likeness (QED) is 0.808. The number of primary amides is 1. The molecule has 1 aromatic carbocycles. The van der Waals surface area contributed by atoms with Crippen LogP contribution in [-0.2, 0) is 17.8 Å². The average molecular weight is 327 g/mol. The Morgan fingerprint density at radius 2 is 2.12 bits per heavy atom. The summed E-state index contributed by atoms with van der Waals surface area (Å²) >= 11 is 0. The highest BCUT2D eigenvalue weighted by molar-refractivity contribution is 5.75. The summed E-state index contributed by atoms with van der Waals surface area (Å²) in [4.78, 5) is 17.5. The van der Waals surface area contributed by atoms with Gasteiger partial charge in [0.25, 0.3) is 5.91 Å². The van der Waals surface area contributed by atoms with Crippen LogP contribution in [0.15, 0.2) is 42.6 Å². The molecule has 0 spiro atoms. The number of aromatic nitrogens is 1. The summed E-state index contributed by atoms with van der Waals surface area (Å²) in [6.07, 6.45) is 2.76. The van der Waals surface area contributed by atoms with Crippen LogP contribution in [0.1, 0.15) is 23.7 Å². The molecule has 0 saturated heterocycles. The largest absolute Gasteiger partial charge is 0.484 e. The normalized spacial score (nSPS) is 12.2. The van der Waals surface area contributed by atoms with Crippen molar-refractivity contribution < 1.29 is 9.53 Å². The minimum Gasteiger partial charge on any atom is -0.484 e. The van der Waals surface area contributed by atoms with Crippen LogP contribution in [0.2, 0.25) is 0 Å². The summed E-state index contributed by atoms with van der Waals surface area (Å²) < 4.78 is 5.36. The maximum Gasteiger partial charge on any atom is 0.255 e. The molecule has 0 saturated carbocycles. The van der Waals surface area contributed by atoms with Gasteiger partial charge in [-0.1, -0.05) is 12.1 Å². The molecule has 0 aliphatic rings. The molecule has 5 nitrogen and oxygen atoms in total. The van der Waals surface area contributed by atoms with Crippen molar-refractivity contribution in [1.82, 2.24) is 9.88 Å². The number of aryl methyl sites for hydroxylation is 1. The highest BCUT2D eigenvalue weighted by Crippen LogP contribution is 2.16. The molecule has 0 unspecified atom stereocenters. The SMILES string of the molecule is Cc1ccnc(C[C@@H](C)N(C)Cc2cccc(OCC(N)=O)c2)c1. The molecule has 0 fully saturated rings. The van der Waals surface area contributed by atoms with Gasteiger partial charge in [-0.05, 0) is 56.3 Å². The second-order valence-corrected chi connectivity index (χ2v) is 6.20. The Bertz CT molecular complexity index is 688. The lowest BCUT2D eigenvalue weighted by molar-refractivity contribution is -0.119. The summed E-state index contributed by atoms with van der Waals surface area (Å²) in [6, 6.07) is 12.2. The van der Waals surface area contributed by atoms with E-state index in [0.29, 0.717) is 11.8 Å². The highest BCUT2D eigenvalue weighted by Gasteiger charge is 2.12. The molecule has 0 aliphatic carbocycles. The van der Waals surface area contributed by atoms with Gasteiger partial charge in [-0.25, -0.2) is 0 Å². The molecule has 0 aliphatic heterocycles. The molecular formula is C19H25N3O2. The van der Waals surface area contributed by atoms with Crippen LogP contribution in [0.5, 0.6) is 5.75 Å². The van der Waals surface area contributed by atoms with Crippen LogP contribution in [-0.4, -0.2) is 35.5 Å². The molecule has 2 rings (SSSR count). The molecule has 1 aromatic heterocycles. The van der Waals surface area contributed by atoms with Crippen LogP contribution in [0.25, 0.3) is 0 Å². The van der Waals surface area contributed by atoms with Crippen molar-refractivity contribution in [3.8, 4) is 5.75 Å². The maximum atomic E-state index is 10.8. The van der Waals surface area contributed by atoms with E-state index in [1.54, 1.807) is 0 Å². The standard InChI is InChI=1S/C19H25N3O2/c1-14-7-8-21-17(9-14)10-15(2)22(3)12-16-5-4-6-18(11-16)24-13-19(20)23/h4-9,11,15H,10,12-13H2,1-3H3,(H2,20,23)/t15-/m1/s1. The third-order valence-electron chi connectivity index (χ3n) is 3.94. The van der Waals surface area contributed by atoms with Gasteiger partial charge >= 0.3 is 0 Å². The smallest absolute Gasteiger partial charge is 0.255 e. The van der Waals surface area contributed by atoms with Gasteiger partial charge in [-0.3, -0.25) is 14.7 Å². The fourth-order valence-electron chi connectivity index (χ4n) is 2.50. The first-order valence-electron chi connectivity index (χ1n) is 8.06. The Morgan fingerprint density at radius 3 is 2.83 bits per heavy atom. The van der Waals surface area contributed by atoms with E-state index < -0.39 is 5.91 Å². The third kappa shape index (κ3) is 5.66. The van der Waals surface area contributed by atoms with Crippen LogP contribution in [0.3, 0.4) is 0 Å². The van der Waals surface area contributed by atoms with Crippen molar-refractivity contribution in [2.24, 2.45) is 5.73 Å². The molecule has 1 amide bonds. The molecule has 2 N–H and O–H groups in total. The number of nitrogens with two attached hydrogens (primary N) is 1. The second-order valence-electron chi connectivity index (χ2n) is 6.20. The van der Waals surface area contributed by atoms with E-state index in [4.69, 9.17) is 10.5 Å². The number of rotatable bonds is 8. The summed E-state index contributed by atoms with van der Waals surface area (Å²) in [6.45, 7) is 4.96. The van der Waals surface area contributed by atoms with Gasteiger partial charge < -0.3 is 10.5 Å². The van der Waals surface area contributed by atoms with Crippen molar-refractivity contribution in [2.45, 2.75) is 32.9 Å². The summed E-state index contributed by atoms with van der Waals surface area (Å²) in [5.41, 5.74) is 8.57. The Kier molecular flexibility index (Phi) is 6.32. The van der Waals surface area contributed by atoms with Crippen LogP contribution in [0, 0.1) is 6.92 Å². The number of likely N-dealkylation sites (N-methyl/N-ethyl adjacent to an activating group) is 1. The Morgan fingerprint density at radius 1 is 1.33 bits per heavy atom. The summed E-state index contributed by atoms with van der Waals surface area (Å²) in [7, 11) is 2.09. The third-order valence-corrected chi connectivity index (χ3v) is 3.94. The van der Waals surface area contributed by atoms with E-state index >= 15 is 0 Å². The Balaban J connectivity index is 1.94. The predicted molar refractivity (Wildman–Crippen MR) is 94.7 cm³/mol. The van der Waals surface area contributed by atoms with E-state index in [-0.39, 0.29) is 6.61 Å². The van der Waals surface area contributed by atoms with E-state index in [2.05, 4.69) is 36.8 Å². The topological polar surface area (TPSA) is 68.5 Å². The van der Waals surface area contributed by atoms with Gasteiger partial charge in [0.1, 0.15) is 5.75 Å². The number of hydrogen-bond donors (Lipinski definition) is 1. The van der Waals surface area contributed by atoms with E-state index in [1.165, 1.54) is 5.56 Å². The van der Waals surface area contributed by atoms with E-state index in [9.17, 15) is 4.79 Å². The number of pyridine rings is 1. The van der Waals surface area contributed by atoms with Gasteiger partial charge in [-0.2, -0.15) is 0 Å². The number of ether oxygens (including phenoxy) is 1. The highest BCUT2D eigenvalue weighted by atomic mass is 16.5. The number of carbonyl (C=O) groups is 1. The molecule has 128 valence electrons. The summed E-state index contributed by atoms with van der Waals surface area (Å²) in [5.74, 6) is 0.185. The van der Waals surface area contributed by atoms with Gasteiger partial charge in [-0.15, -0.1) is 0 Å². The van der Waals surface area contributed by atoms with Crippen molar-refractivity contribution >= 4 is 5.91 Å². The Labute approximate surface area is 143 Å². The first kappa shape index (κ1) is 17.9. The molecule has 24 heavy (non-hydrogen) atoms. The van der Waals surface area contributed by atoms with Gasteiger partial charge in [0, 0.05) is 30.9 Å². The fourth-order valence-corrected chi connectivity index (χ4v) is 2.50. The maximum absolute atomic E-state index is 10.8. The van der Waals surface area contributed by atoms with E-state index in [0.717, 1.165) is 24.2 Å². The number of carbonyl (C=O) groups excluding carboxylic acids is 1. The number of amides is 1. The Hall–Kier alpha value is -2.40. The van der Waals surface area contributed by atoms with Crippen molar-refractivity contribution in [2.75, 3.05) is 13.7 Å². The number of nitrogens with zero attached hydrogens (tertiary/aromatic N) is 2. The molecule has 0 bridgehead atoms. The molecule has 0 radical (unpaired) electrons. The predicted octanol–water partition coefficient (Wildman–Crippen LogP) is 2.32. The van der Waals surface area contributed by atoms with Crippen LogP contribution in [0.4, 0.5) is 0 Å². The van der Waals surface area contributed by atoms with Crippen molar-refractivity contribution in [1.29, 1.82) is 0 Å². The van der Waals surface area contributed by atoms with Gasteiger partial charge in [0.05, 0.1) is 0 Å². The first-order chi connectivity index (χ1) is 11.4. The van der Waals surface area contributed by atoms with Gasteiger partial charge in [0.15, 0.2) is 6.61 Å². The van der Waals surface area contributed by atoms with Gasteiger partial charge in [0.2, 0.25) is 0 Å².